The Bertz CT molecular complexity index is 352. The van der Waals surface area contributed by atoms with E-state index in [1.807, 2.05) is 11.7 Å². The number of aryl methyl sites for hydroxylation is 2. The van der Waals surface area contributed by atoms with E-state index in [2.05, 4.69) is 43.9 Å². The summed E-state index contributed by atoms with van der Waals surface area (Å²) < 4.78 is 1.97. The van der Waals surface area contributed by atoms with Crippen LogP contribution in [0.4, 0.5) is 0 Å². The minimum atomic E-state index is 0.0661. The summed E-state index contributed by atoms with van der Waals surface area (Å²) in [6, 6.07) is 2.18. The average Bonchev–Trinajstić information content (AvgIpc) is 2.69. The van der Waals surface area contributed by atoms with Gasteiger partial charge in [-0.05, 0) is 32.9 Å². The molecule has 0 amide bonds. The molecule has 0 bridgehead atoms. The molecule has 0 saturated carbocycles. The molecule has 0 spiro atoms. The Kier molecular flexibility index (Phi) is 4.71. The molecule has 1 aromatic rings. The predicted molar refractivity (Wildman–Crippen MR) is 71.8 cm³/mol. The number of likely N-dealkylation sites (N-methyl/N-ethyl adjacent to an activating group) is 1. The average molecular weight is 238 g/mol. The lowest BCUT2D eigenvalue weighted by Gasteiger charge is -2.37. The molecule has 98 valence electrons. The third-order valence-electron chi connectivity index (χ3n) is 3.91. The van der Waals surface area contributed by atoms with Gasteiger partial charge in [0.05, 0.1) is 11.4 Å². The van der Waals surface area contributed by atoms with Crippen molar-refractivity contribution in [3.63, 3.8) is 0 Å². The fourth-order valence-corrected chi connectivity index (χ4v) is 1.90. The lowest BCUT2D eigenvalue weighted by molar-refractivity contribution is 0.128. The van der Waals surface area contributed by atoms with Crippen molar-refractivity contribution >= 4 is 0 Å². The standard InChI is InChI=1S/C13H26N4/c1-6-11-8-12(17(5)15-11)9-16(4)13(3,7-2)10-14/h8H,6-7,9-10,14H2,1-5H3. The third kappa shape index (κ3) is 3.07. The summed E-state index contributed by atoms with van der Waals surface area (Å²) in [7, 11) is 4.14. The largest absolute Gasteiger partial charge is 0.329 e. The maximum Gasteiger partial charge on any atom is 0.0625 e. The van der Waals surface area contributed by atoms with Gasteiger partial charge in [0.1, 0.15) is 0 Å². The molecule has 0 saturated heterocycles. The first-order valence-corrected chi connectivity index (χ1v) is 6.40. The molecule has 0 fully saturated rings. The highest BCUT2D eigenvalue weighted by atomic mass is 15.3. The summed E-state index contributed by atoms with van der Waals surface area (Å²) in [4.78, 5) is 2.32. The number of hydrogen-bond donors (Lipinski definition) is 1. The Hall–Kier alpha value is -0.870. The molecule has 1 atom stereocenters. The van der Waals surface area contributed by atoms with Crippen LogP contribution in [0.25, 0.3) is 0 Å². The quantitative estimate of drug-likeness (QED) is 0.818. The van der Waals surface area contributed by atoms with E-state index in [1.54, 1.807) is 0 Å². The molecule has 0 radical (unpaired) electrons. The van der Waals surface area contributed by atoms with Gasteiger partial charge in [-0.2, -0.15) is 5.10 Å². The summed E-state index contributed by atoms with van der Waals surface area (Å²) in [6.07, 6.45) is 2.04. The second-order valence-corrected chi connectivity index (χ2v) is 5.01. The number of hydrogen-bond acceptors (Lipinski definition) is 3. The van der Waals surface area contributed by atoms with Gasteiger partial charge in [-0.25, -0.2) is 0 Å². The van der Waals surface area contributed by atoms with Crippen LogP contribution in [-0.2, 0) is 20.0 Å². The van der Waals surface area contributed by atoms with Crippen molar-refractivity contribution in [3.8, 4) is 0 Å². The zero-order valence-electron chi connectivity index (χ0n) is 11.8. The molecule has 4 nitrogen and oxygen atoms in total. The summed E-state index contributed by atoms with van der Waals surface area (Å²) in [5, 5.41) is 4.47. The monoisotopic (exact) mass is 238 g/mol. The maximum atomic E-state index is 5.88. The number of aromatic nitrogens is 2. The van der Waals surface area contributed by atoms with E-state index < -0.39 is 0 Å². The maximum absolute atomic E-state index is 5.88. The molecule has 0 aliphatic heterocycles. The lowest BCUT2D eigenvalue weighted by atomic mass is 9.97. The Morgan fingerprint density at radius 2 is 2.12 bits per heavy atom. The fraction of sp³-hybridized carbons (Fsp3) is 0.769. The van der Waals surface area contributed by atoms with Gasteiger partial charge in [-0.15, -0.1) is 0 Å². The van der Waals surface area contributed by atoms with Crippen LogP contribution in [-0.4, -0.2) is 33.8 Å². The normalized spacial score (nSPS) is 15.2. The van der Waals surface area contributed by atoms with Crippen molar-refractivity contribution in [2.24, 2.45) is 12.8 Å². The second-order valence-electron chi connectivity index (χ2n) is 5.01. The molecule has 4 heteroatoms. The molecular weight excluding hydrogens is 212 g/mol. The van der Waals surface area contributed by atoms with Gasteiger partial charge < -0.3 is 5.73 Å². The molecule has 1 rings (SSSR count). The molecular formula is C13H26N4. The molecule has 1 heterocycles. The van der Waals surface area contributed by atoms with E-state index >= 15 is 0 Å². The van der Waals surface area contributed by atoms with Gasteiger partial charge in [0.15, 0.2) is 0 Å². The van der Waals surface area contributed by atoms with Crippen LogP contribution in [0.1, 0.15) is 38.6 Å². The molecule has 17 heavy (non-hydrogen) atoms. The van der Waals surface area contributed by atoms with Crippen LogP contribution in [0.2, 0.25) is 0 Å². The third-order valence-corrected chi connectivity index (χ3v) is 3.91. The highest BCUT2D eigenvalue weighted by molar-refractivity contribution is 5.10. The van der Waals surface area contributed by atoms with E-state index in [1.165, 1.54) is 5.69 Å². The molecule has 0 aromatic carbocycles. The van der Waals surface area contributed by atoms with E-state index in [4.69, 9.17) is 5.73 Å². The fourth-order valence-electron chi connectivity index (χ4n) is 1.90. The Balaban J connectivity index is 2.79. The smallest absolute Gasteiger partial charge is 0.0625 e. The topological polar surface area (TPSA) is 47.1 Å². The van der Waals surface area contributed by atoms with E-state index in [0.29, 0.717) is 6.54 Å². The van der Waals surface area contributed by atoms with E-state index in [9.17, 15) is 0 Å². The highest BCUT2D eigenvalue weighted by Gasteiger charge is 2.26. The van der Waals surface area contributed by atoms with E-state index in [-0.39, 0.29) is 5.54 Å². The first-order valence-electron chi connectivity index (χ1n) is 6.40. The van der Waals surface area contributed by atoms with Crippen molar-refractivity contribution in [3.05, 3.63) is 17.5 Å². The van der Waals surface area contributed by atoms with Crippen LogP contribution in [0.3, 0.4) is 0 Å². The Labute approximate surface area is 105 Å². The lowest BCUT2D eigenvalue weighted by Crippen LogP contribution is -2.48. The van der Waals surface area contributed by atoms with Gasteiger partial charge >= 0.3 is 0 Å². The zero-order valence-corrected chi connectivity index (χ0v) is 11.8. The minimum absolute atomic E-state index is 0.0661. The van der Waals surface area contributed by atoms with E-state index in [0.717, 1.165) is 25.1 Å². The summed E-state index contributed by atoms with van der Waals surface area (Å²) in [5.74, 6) is 0. The second kappa shape index (κ2) is 5.65. The summed E-state index contributed by atoms with van der Waals surface area (Å²) in [5.41, 5.74) is 8.35. The molecule has 0 aliphatic carbocycles. The number of nitrogens with two attached hydrogens (primary N) is 1. The van der Waals surface area contributed by atoms with Gasteiger partial charge in [0.25, 0.3) is 0 Å². The van der Waals surface area contributed by atoms with Crippen LogP contribution >= 0.6 is 0 Å². The van der Waals surface area contributed by atoms with Gasteiger partial charge in [0.2, 0.25) is 0 Å². The molecule has 0 aliphatic rings. The Morgan fingerprint density at radius 3 is 2.53 bits per heavy atom. The summed E-state index contributed by atoms with van der Waals surface area (Å²) in [6.45, 7) is 8.10. The Morgan fingerprint density at radius 1 is 1.47 bits per heavy atom. The number of rotatable bonds is 6. The highest BCUT2D eigenvalue weighted by Crippen LogP contribution is 2.19. The first kappa shape index (κ1) is 14.2. The predicted octanol–water partition coefficient (Wildman–Crippen LogP) is 1.54. The van der Waals surface area contributed by atoms with Crippen LogP contribution in [0, 0.1) is 0 Å². The molecule has 1 unspecified atom stereocenters. The number of nitrogens with zero attached hydrogens (tertiary/aromatic N) is 3. The van der Waals surface area contributed by atoms with Crippen LogP contribution in [0.5, 0.6) is 0 Å². The van der Waals surface area contributed by atoms with Crippen molar-refractivity contribution in [2.45, 2.75) is 45.7 Å². The zero-order chi connectivity index (χ0) is 13.1. The van der Waals surface area contributed by atoms with Crippen LogP contribution in [0.15, 0.2) is 6.07 Å². The van der Waals surface area contributed by atoms with Crippen LogP contribution < -0.4 is 5.73 Å². The van der Waals surface area contributed by atoms with Crippen molar-refractivity contribution in [1.82, 2.24) is 14.7 Å². The molecule has 2 N–H and O–H groups in total. The van der Waals surface area contributed by atoms with Crippen molar-refractivity contribution in [2.75, 3.05) is 13.6 Å². The van der Waals surface area contributed by atoms with Gasteiger partial charge in [0, 0.05) is 25.7 Å². The summed E-state index contributed by atoms with van der Waals surface area (Å²) >= 11 is 0. The van der Waals surface area contributed by atoms with Crippen molar-refractivity contribution in [1.29, 1.82) is 0 Å². The minimum Gasteiger partial charge on any atom is -0.329 e. The van der Waals surface area contributed by atoms with Gasteiger partial charge in [-0.3, -0.25) is 9.58 Å². The first-order chi connectivity index (χ1) is 7.96. The van der Waals surface area contributed by atoms with Crippen molar-refractivity contribution < 1.29 is 0 Å². The SMILES string of the molecule is CCc1cc(CN(C)C(C)(CC)CN)n(C)n1. The molecule has 1 aromatic heterocycles. The van der Waals surface area contributed by atoms with Gasteiger partial charge in [-0.1, -0.05) is 13.8 Å².